The number of carbonyl (C=O) groups is 2. The van der Waals surface area contributed by atoms with Crippen molar-refractivity contribution in [1.82, 2.24) is 9.80 Å². The minimum atomic E-state index is 0. The number of imide groups is 1. The van der Waals surface area contributed by atoms with Gasteiger partial charge in [0, 0.05) is 13.1 Å². The molecule has 0 bridgehead atoms. The summed E-state index contributed by atoms with van der Waals surface area (Å²) in [5, 5.41) is 0. The number of likely N-dealkylation sites (tertiary alicyclic amines) is 1. The number of halogens is 1. The Kier molecular flexibility index (Phi) is 4.95. The molecule has 1 saturated heterocycles. The van der Waals surface area contributed by atoms with Gasteiger partial charge in [-0.15, -0.1) is 12.4 Å². The van der Waals surface area contributed by atoms with Gasteiger partial charge in [-0.05, 0) is 26.9 Å². The molecule has 2 aliphatic rings. The standard InChI is InChI=1S/C12H20N2O2.ClH/c1-13(2)7-8-14-11(15)9-5-3-4-6-10(9)12(14)16;/h9-10H,3-8H2,1-2H3;1H. The highest BCUT2D eigenvalue weighted by Crippen LogP contribution is 2.37. The van der Waals surface area contributed by atoms with Crippen LogP contribution in [-0.2, 0) is 9.59 Å². The van der Waals surface area contributed by atoms with Crippen LogP contribution >= 0.6 is 12.4 Å². The van der Waals surface area contributed by atoms with Crippen LogP contribution in [0.5, 0.6) is 0 Å². The van der Waals surface area contributed by atoms with Crippen molar-refractivity contribution < 1.29 is 9.59 Å². The molecule has 0 radical (unpaired) electrons. The first-order chi connectivity index (χ1) is 7.61. The number of amides is 2. The van der Waals surface area contributed by atoms with Crippen LogP contribution in [0.2, 0.25) is 0 Å². The molecule has 2 amide bonds. The van der Waals surface area contributed by atoms with Gasteiger partial charge in [-0.2, -0.15) is 0 Å². The van der Waals surface area contributed by atoms with Crippen LogP contribution in [0.3, 0.4) is 0 Å². The summed E-state index contributed by atoms with van der Waals surface area (Å²) in [4.78, 5) is 27.6. The molecular formula is C12H21ClN2O2. The minimum Gasteiger partial charge on any atom is -0.308 e. The van der Waals surface area contributed by atoms with E-state index in [1.165, 1.54) is 4.90 Å². The summed E-state index contributed by atoms with van der Waals surface area (Å²) in [5.74, 6) is 0.167. The van der Waals surface area contributed by atoms with Gasteiger partial charge in [0.1, 0.15) is 0 Å². The minimum absolute atomic E-state index is 0. The van der Waals surface area contributed by atoms with Gasteiger partial charge in [0.2, 0.25) is 11.8 Å². The molecule has 4 nitrogen and oxygen atoms in total. The van der Waals surface area contributed by atoms with Gasteiger partial charge in [-0.25, -0.2) is 0 Å². The molecule has 2 rings (SSSR count). The lowest BCUT2D eigenvalue weighted by atomic mass is 9.81. The second-order valence-electron chi connectivity index (χ2n) is 5.13. The van der Waals surface area contributed by atoms with Crippen molar-refractivity contribution in [3.63, 3.8) is 0 Å². The molecule has 0 N–H and O–H groups in total. The SMILES string of the molecule is CN(C)CCN1C(=O)C2CCCCC2C1=O.Cl. The largest absolute Gasteiger partial charge is 0.308 e. The molecule has 5 heteroatoms. The summed E-state index contributed by atoms with van der Waals surface area (Å²) >= 11 is 0. The lowest BCUT2D eigenvalue weighted by Gasteiger charge is -2.19. The number of hydrogen-bond donors (Lipinski definition) is 0. The second-order valence-corrected chi connectivity index (χ2v) is 5.13. The van der Waals surface area contributed by atoms with Crippen LogP contribution in [0, 0.1) is 11.8 Å². The maximum atomic E-state index is 12.0. The topological polar surface area (TPSA) is 40.6 Å². The Labute approximate surface area is 109 Å². The highest BCUT2D eigenvalue weighted by Gasteiger charge is 2.47. The molecule has 1 aliphatic heterocycles. The van der Waals surface area contributed by atoms with Gasteiger partial charge < -0.3 is 4.90 Å². The Morgan fingerprint density at radius 2 is 1.59 bits per heavy atom. The monoisotopic (exact) mass is 260 g/mol. The van der Waals surface area contributed by atoms with E-state index in [2.05, 4.69) is 0 Å². The summed E-state index contributed by atoms with van der Waals surface area (Å²) in [6.45, 7) is 1.31. The van der Waals surface area contributed by atoms with Crippen molar-refractivity contribution in [3.8, 4) is 0 Å². The molecule has 0 aromatic rings. The number of rotatable bonds is 3. The maximum Gasteiger partial charge on any atom is 0.233 e. The summed E-state index contributed by atoms with van der Waals surface area (Å²) in [5.41, 5.74) is 0. The third-order valence-corrected chi connectivity index (χ3v) is 3.70. The van der Waals surface area contributed by atoms with Crippen molar-refractivity contribution in [2.24, 2.45) is 11.8 Å². The number of hydrogen-bond acceptors (Lipinski definition) is 3. The predicted octanol–water partition coefficient (Wildman–Crippen LogP) is 1.14. The van der Waals surface area contributed by atoms with Crippen molar-refractivity contribution in [2.75, 3.05) is 27.2 Å². The van der Waals surface area contributed by atoms with Crippen LogP contribution in [0.4, 0.5) is 0 Å². The predicted molar refractivity (Wildman–Crippen MR) is 68.0 cm³/mol. The molecular weight excluding hydrogens is 240 g/mol. The number of likely N-dealkylation sites (N-methyl/N-ethyl adjacent to an activating group) is 1. The lowest BCUT2D eigenvalue weighted by Crippen LogP contribution is -2.36. The van der Waals surface area contributed by atoms with E-state index in [1.807, 2.05) is 19.0 Å². The zero-order valence-electron chi connectivity index (χ0n) is 10.5. The smallest absolute Gasteiger partial charge is 0.233 e. The molecule has 2 fully saturated rings. The van der Waals surface area contributed by atoms with Crippen LogP contribution in [0.15, 0.2) is 0 Å². The van der Waals surface area contributed by atoms with E-state index in [-0.39, 0.29) is 36.1 Å². The van der Waals surface area contributed by atoms with Crippen molar-refractivity contribution in [2.45, 2.75) is 25.7 Å². The summed E-state index contributed by atoms with van der Waals surface area (Å²) in [6.07, 6.45) is 4.02. The van der Waals surface area contributed by atoms with Crippen LogP contribution in [0.25, 0.3) is 0 Å². The highest BCUT2D eigenvalue weighted by atomic mass is 35.5. The van der Waals surface area contributed by atoms with Gasteiger partial charge >= 0.3 is 0 Å². The van der Waals surface area contributed by atoms with Crippen LogP contribution < -0.4 is 0 Å². The van der Waals surface area contributed by atoms with E-state index in [9.17, 15) is 9.59 Å². The Balaban J connectivity index is 0.00000144. The molecule has 0 aromatic heterocycles. The lowest BCUT2D eigenvalue weighted by molar-refractivity contribution is -0.140. The molecule has 0 aromatic carbocycles. The van der Waals surface area contributed by atoms with E-state index >= 15 is 0 Å². The first-order valence-corrected chi connectivity index (χ1v) is 6.11. The Morgan fingerprint density at radius 1 is 1.12 bits per heavy atom. The van der Waals surface area contributed by atoms with E-state index < -0.39 is 0 Å². The second kappa shape index (κ2) is 5.83. The molecule has 2 unspecified atom stereocenters. The zero-order valence-corrected chi connectivity index (χ0v) is 11.3. The Bertz CT molecular complexity index is 283. The van der Waals surface area contributed by atoms with E-state index in [1.54, 1.807) is 0 Å². The van der Waals surface area contributed by atoms with Gasteiger partial charge in [-0.3, -0.25) is 14.5 Å². The normalized spacial score (nSPS) is 28.3. The number of nitrogens with zero attached hydrogens (tertiary/aromatic N) is 2. The van der Waals surface area contributed by atoms with E-state index in [4.69, 9.17) is 0 Å². The average molecular weight is 261 g/mol. The zero-order chi connectivity index (χ0) is 11.7. The molecule has 0 spiro atoms. The molecule has 98 valence electrons. The Morgan fingerprint density at radius 3 is 2.00 bits per heavy atom. The molecule has 2 atom stereocenters. The quantitative estimate of drug-likeness (QED) is 0.715. The molecule has 1 saturated carbocycles. The van der Waals surface area contributed by atoms with Gasteiger partial charge in [-0.1, -0.05) is 12.8 Å². The van der Waals surface area contributed by atoms with Crippen LogP contribution in [-0.4, -0.2) is 48.8 Å². The first kappa shape index (κ1) is 14.5. The number of fused-ring (bicyclic) bond motifs is 1. The van der Waals surface area contributed by atoms with Gasteiger partial charge in [0.05, 0.1) is 11.8 Å². The van der Waals surface area contributed by atoms with Gasteiger partial charge in [0.25, 0.3) is 0 Å². The third-order valence-electron chi connectivity index (χ3n) is 3.70. The molecule has 1 aliphatic carbocycles. The van der Waals surface area contributed by atoms with Gasteiger partial charge in [0.15, 0.2) is 0 Å². The summed E-state index contributed by atoms with van der Waals surface area (Å²) in [6, 6.07) is 0. The summed E-state index contributed by atoms with van der Waals surface area (Å²) in [7, 11) is 3.91. The fraction of sp³-hybridized carbons (Fsp3) is 0.833. The fourth-order valence-corrected chi connectivity index (χ4v) is 2.75. The maximum absolute atomic E-state index is 12.0. The van der Waals surface area contributed by atoms with Crippen LogP contribution in [0.1, 0.15) is 25.7 Å². The fourth-order valence-electron chi connectivity index (χ4n) is 2.75. The Hall–Kier alpha value is -0.610. The molecule has 17 heavy (non-hydrogen) atoms. The highest BCUT2D eigenvalue weighted by molar-refractivity contribution is 6.05. The van der Waals surface area contributed by atoms with E-state index in [0.717, 1.165) is 32.2 Å². The van der Waals surface area contributed by atoms with Crippen molar-refractivity contribution in [3.05, 3.63) is 0 Å². The first-order valence-electron chi connectivity index (χ1n) is 6.11. The third kappa shape index (κ3) is 2.80. The van der Waals surface area contributed by atoms with Crippen molar-refractivity contribution in [1.29, 1.82) is 0 Å². The van der Waals surface area contributed by atoms with Crippen molar-refractivity contribution >= 4 is 24.2 Å². The number of carbonyl (C=O) groups excluding carboxylic acids is 2. The van der Waals surface area contributed by atoms with E-state index in [0.29, 0.717) is 6.54 Å². The average Bonchev–Trinajstić information content (AvgIpc) is 2.50. The summed E-state index contributed by atoms with van der Waals surface area (Å²) < 4.78 is 0. The molecule has 1 heterocycles.